The number of aromatic nitrogens is 4. The van der Waals surface area contributed by atoms with Crippen molar-refractivity contribution in [2.24, 2.45) is 0 Å². The number of carbonyl (C=O) groups excluding carboxylic acids is 1. The fourth-order valence-corrected chi connectivity index (χ4v) is 5.01. The lowest BCUT2D eigenvalue weighted by molar-refractivity contribution is 0.104. The van der Waals surface area contributed by atoms with Crippen LogP contribution in [0.2, 0.25) is 0 Å². The average molecular weight is 512 g/mol. The highest BCUT2D eigenvalue weighted by molar-refractivity contribution is 7.93. The molecule has 4 rings (SSSR count). The fourth-order valence-electron chi connectivity index (χ4n) is 3.22. The van der Waals surface area contributed by atoms with Crippen molar-refractivity contribution in [2.75, 3.05) is 18.9 Å². The number of benzene rings is 2. The summed E-state index contributed by atoms with van der Waals surface area (Å²) in [5, 5.41) is 10.0. The van der Waals surface area contributed by atoms with E-state index in [-0.39, 0.29) is 21.5 Å². The third-order valence-electron chi connectivity index (χ3n) is 5.01. The van der Waals surface area contributed by atoms with E-state index in [0.717, 1.165) is 5.56 Å². The van der Waals surface area contributed by atoms with Crippen molar-refractivity contribution in [2.45, 2.75) is 11.8 Å². The lowest BCUT2D eigenvalue weighted by Crippen LogP contribution is -2.13. The fraction of sp³-hybridized carbons (Fsp3) is 0.130. The van der Waals surface area contributed by atoms with Crippen molar-refractivity contribution in [1.82, 2.24) is 20.0 Å². The Labute approximate surface area is 205 Å². The van der Waals surface area contributed by atoms with Gasteiger partial charge >= 0.3 is 0 Å². The zero-order valence-corrected chi connectivity index (χ0v) is 20.6. The molecular weight excluding hydrogens is 490 g/mol. The molecule has 0 saturated carbocycles. The molecule has 2 aromatic heterocycles. The van der Waals surface area contributed by atoms with Crippen LogP contribution in [0.4, 0.5) is 5.13 Å². The van der Waals surface area contributed by atoms with E-state index in [0.29, 0.717) is 22.9 Å². The Morgan fingerprint density at radius 1 is 1.09 bits per heavy atom. The van der Waals surface area contributed by atoms with Gasteiger partial charge in [-0.3, -0.25) is 9.52 Å². The maximum atomic E-state index is 12.7. The van der Waals surface area contributed by atoms with Gasteiger partial charge in [0.25, 0.3) is 10.0 Å². The predicted molar refractivity (Wildman–Crippen MR) is 132 cm³/mol. The van der Waals surface area contributed by atoms with E-state index in [4.69, 9.17) is 9.47 Å². The van der Waals surface area contributed by atoms with Crippen molar-refractivity contribution in [1.29, 1.82) is 0 Å². The molecule has 12 heteroatoms. The van der Waals surface area contributed by atoms with Crippen LogP contribution in [0.3, 0.4) is 0 Å². The zero-order chi connectivity index (χ0) is 25.0. The largest absolute Gasteiger partial charge is 0.493 e. The van der Waals surface area contributed by atoms with Crippen LogP contribution in [0, 0.1) is 6.92 Å². The number of nitrogens with one attached hydrogen (secondary N) is 1. The molecule has 0 bridgehead atoms. The Morgan fingerprint density at radius 3 is 2.49 bits per heavy atom. The highest BCUT2D eigenvalue weighted by atomic mass is 32.2. The smallest absolute Gasteiger partial charge is 0.263 e. The van der Waals surface area contributed by atoms with Crippen molar-refractivity contribution in [3.63, 3.8) is 0 Å². The molecule has 0 aliphatic rings. The Kier molecular flexibility index (Phi) is 6.94. The number of ether oxygens (including phenoxy) is 2. The highest BCUT2D eigenvalue weighted by Gasteiger charge is 2.18. The van der Waals surface area contributed by atoms with Crippen molar-refractivity contribution in [3.8, 4) is 17.2 Å². The van der Waals surface area contributed by atoms with Gasteiger partial charge in [0, 0.05) is 11.6 Å². The van der Waals surface area contributed by atoms with Gasteiger partial charge in [0.05, 0.1) is 30.5 Å². The number of hydrogen-bond donors (Lipinski definition) is 1. The number of ketones is 1. The molecule has 0 aliphatic heterocycles. The second-order valence-corrected chi connectivity index (χ2v) is 9.76. The molecule has 0 spiro atoms. The number of allylic oxidation sites excluding steroid dienone is 1. The molecule has 0 aliphatic carbocycles. The molecule has 0 amide bonds. The van der Waals surface area contributed by atoms with E-state index < -0.39 is 10.0 Å². The summed E-state index contributed by atoms with van der Waals surface area (Å²) in [5.41, 5.74) is 2.02. The number of anilines is 1. The topological polar surface area (TPSA) is 125 Å². The summed E-state index contributed by atoms with van der Waals surface area (Å²) in [7, 11) is -0.681. The summed E-state index contributed by atoms with van der Waals surface area (Å²) in [6.45, 7) is 1.71. The summed E-state index contributed by atoms with van der Waals surface area (Å²) in [6, 6.07) is 11.4. The lowest BCUT2D eigenvalue weighted by atomic mass is 10.1. The van der Waals surface area contributed by atoms with Crippen LogP contribution < -0.4 is 14.2 Å². The molecule has 0 radical (unpaired) electrons. The second-order valence-electron chi connectivity index (χ2n) is 7.18. The van der Waals surface area contributed by atoms with Crippen LogP contribution in [0.15, 0.2) is 65.0 Å². The Hall–Kier alpha value is -4.03. The molecule has 0 fully saturated rings. The summed E-state index contributed by atoms with van der Waals surface area (Å²) in [6.07, 6.45) is 4.57. The van der Waals surface area contributed by atoms with Crippen LogP contribution in [-0.4, -0.2) is 48.4 Å². The molecular formula is C23H21N5O5S2. The molecule has 0 atom stereocenters. The third kappa shape index (κ3) is 5.23. The highest BCUT2D eigenvalue weighted by Crippen LogP contribution is 2.28. The molecule has 180 valence electrons. The summed E-state index contributed by atoms with van der Waals surface area (Å²) in [4.78, 5) is 16.7. The molecule has 10 nitrogen and oxygen atoms in total. The van der Waals surface area contributed by atoms with E-state index in [1.807, 2.05) is 0 Å². The Balaban J connectivity index is 1.51. The van der Waals surface area contributed by atoms with Gasteiger partial charge in [-0.15, -0.1) is 16.4 Å². The number of methoxy groups -OCH3 is 2. The van der Waals surface area contributed by atoms with Crippen LogP contribution in [0.5, 0.6) is 11.5 Å². The van der Waals surface area contributed by atoms with Crippen molar-refractivity contribution >= 4 is 38.4 Å². The van der Waals surface area contributed by atoms with Gasteiger partial charge in [-0.1, -0.05) is 17.4 Å². The average Bonchev–Trinajstić information content (AvgIpc) is 3.51. The molecule has 2 aromatic carbocycles. The van der Waals surface area contributed by atoms with Gasteiger partial charge in [0.2, 0.25) is 5.78 Å². The second kappa shape index (κ2) is 10.1. The third-order valence-corrected chi connectivity index (χ3v) is 7.18. The maximum absolute atomic E-state index is 12.7. The van der Waals surface area contributed by atoms with E-state index in [2.05, 4.69) is 20.0 Å². The summed E-state index contributed by atoms with van der Waals surface area (Å²) < 4.78 is 39.5. The molecule has 1 N–H and O–H groups in total. The standard InChI is InChI=1S/C23H21N5O5S2/c1-15-22(19(29)10-4-16-5-11-20(32-2)21(14-16)33-3)25-27-28(15)17-6-8-18(9-7-17)35(30,31)26-23-24-12-13-34-23/h4-14H,1-3H3,(H,24,26)/b10-4+. The minimum absolute atomic E-state index is 0.0726. The van der Waals surface area contributed by atoms with E-state index in [1.54, 1.807) is 55.8 Å². The molecule has 0 unspecified atom stereocenters. The minimum atomic E-state index is -3.77. The Bertz CT molecular complexity index is 1480. The van der Waals surface area contributed by atoms with Crippen molar-refractivity contribution in [3.05, 3.63) is 77.1 Å². The van der Waals surface area contributed by atoms with E-state index >= 15 is 0 Å². The molecule has 35 heavy (non-hydrogen) atoms. The number of carbonyl (C=O) groups is 1. The van der Waals surface area contributed by atoms with Crippen LogP contribution in [0.25, 0.3) is 11.8 Å². The first kappa shape index (κ1) is 24.1. The zero-order valence-electron chi connectivity index (χ0n) is 19.0. The van der Waals surface area contributed by atoms with Crippen LogP contribution in [0.1, 0.15) is 21.7 Å². The normalized spacial score (nSPS) is 11.5. The van der Waals surface area contributed by atoms with Crippen LogP contribution >= 0.6 is 11.3 Å². The van der Waals surface area contributed by atoms with Gasteiger partial charge in [0.1, 0.15) is 0 Å². The van der Waals surface area contributed by atoms with Crippen molar-refractivity contribution < 1.29 is 22.7 Å². The number of sulfonamides is 1. The molecule has 4 aromatic rings. The minimum Gasteiger partial charge on any atom is -0.493 e. The first-order chi connectivity index (χ1) is 16.8. The first-order valence-corrected chi connectivity index (χ1v) is 12.6. The number of thiazole rings is 1. The Morgan fingerprint density at radius 2 is 1.83 bits per heavy atom. The summed E-state index contributed by atoms with van der Waals surface area (Å²) in [5.74, 6) is 0.819. The van der Waals surface area contributed by atoms with Gasteiger partial charge in [-0.25, -0.2) is 18.1 Å². The number of hydrogen-bond acceptors (Lipinski definition) is 9. The maximum Gasteiger partial charge on any atom is 0.263 e. The van der Waals surface area contributed by atoms with Gasteiger partial charge in [0.15, 0.2) is 22.3 Å². The van der Waals surface area contributed by atoms with Gasteiger partial charge in [-0.05, 0) is 55.0 Å². The predicted octanol–water partition coefficient (Wildman–Crippen LogP) is 3.75. The first-order valence-electron chi connectivity index (χ1n) is 10.2. The number of rotatable bonds is 9. The monoisotopic (exact) mass is 511 g/mol. The lowest BCUT2D eigenvalue weighted by Gasteiger charge is -2.07. The van der Waals surface area contributed by atoms with Gasteiger partial charge in [-0.2, -0.15) is 0 Å². The quantitative estimate of drug-likeness (QED) is 0.266. The molecule has 0 saturated heterocycles. The SMILES string of the molecule is COc1ccc(/C=C/C(=O)c2nnn(-c3ccc(S(=O)(=O)Nc4nccs4)cc3)c2C)cc1OC. The summed E-state index contributed by atoms with van der Waals surface area (Å²) >= 11 is 1.18. The molecule has 2 heterocycles. The van der Waals surface area contributed by atoms with Gasteiger partial charge < -0.3 is 9.47 Å². The van der Waals surface area contributed by atoms with E-state index in [1.165, 1.54) is 47.5 Å². The van der Waals surface area contributed by atoms with Crippen LogP contribution in [-0.2, 0) is 10.0 Å². The van der Waals surface area contributed by atoms with E-state index in [9.17, 15) is 13.2 Å². The number of nitrogens with zero attached hydrogens (tertiary/aromatic N) is 4.